The smallest absolute Gasteiger partial charge is 0.356 e. The van der Waals surface area contributed by atoms with Gasteiger partial charge in [0.1, 0.15) is 11.5 Å². The Balaban J connectivity index is 2.44. The molecule has 7 heteroatoms. The number of carboxylic acids is 1. The standard InChI is InChI=1S/C13H12F2N2O3/c14-9-3-4-11(10(15)6-9)17-7-8(2-1-5-18)12(16-17)13(19)20/h3-4,6-7,18H,1-2,5H2,(H,19,20). The van der Waals surface area contributed by atoms with E-state index in [-0.39, 0.29) is 18.0 Å². The Morgan fingerprint density at radius 2 is 2.10 bits per heavy atom. The van der Waals surface area contributed by atoms with E-state index < -0.39 is 17.6 Å². The number of hydrogen-bond donors (Lipinski definition) is 2. The Morgan fingerprint density at radius 3 is 2.70 bits per heavy atom. The Hall–Kier alpha value is -2.28. The number of aliphatic hydroxyl groups excluding tert-OH is 1. The van der Waals surface area contributed by atoms with Crippen LogP contribution in [0.1, 0.15) is 22.5 Å². The lowest BCUT2D eigenvalue weighted by Crippen LogP contribution is -2.04. The van der Waals surface area contributed by atoms with Crippen molar-refractivity contribution in [1.29, 1.82) is 0 Å². The van der Waals surface area contributed by atoms with E-state index in [1.807, 2.05) is 0 Å². The zero-order valence-corrected chi connectivity index (χ0v) is 10.4. The van der Waals surface area contributed by atoms with E-state index >= 15 is 0 Å². The fourth-order valence-electron chi connectivity index (χ4n) is 1.83. The van der Waals surface area contributed by atoms with Gasteiger partial charge in [0.2, 0.25) is 0 Å². The molecule has 2 rings (SSSR count). The molecule has 20 heavy (non-hydrogen) atoms. The lowest BCUT2D eigenvalue weighted by Gasteiger charge is -2.02. The molecular formula is C13H12F2N2O3. The molecule has 2 N–H and O–H groups in total. The third-order valence-electron chi connectivity index (χ3n) is 2.75. The van der Waals surface area contributed by atoms with Gasteiger partial charge in [-0.3, -0.25) is 0 Å². The number of nitrogens with zero attached hydrogens (tertiary/aromatic N) is 2. The summed E-state index contributed by atoms with van der Waals surface area (Å²) < 4.78 is 27.6. The van der Waals surface area contributed by atoms with E-state index in [0.29, 0.717) is 24.5 Å². The van der Waals surface area contributed by atoms with Crippen LogP contribution in [0.2, 0.25) is 0 Å². The van der Waals surface area contributed by atoms with Crippen molar-refractivity contribution in [2.45, 2.75) is 12.8 Å². The highest BCUT2D eigenvalue weighted by molar-refractivity contribution is 5.87. The second-order valence-electron chi connectivity index (χ2n) is 4.18. The van der Waals surface area contributed by atoms with Crippen molar-refractivity contribution < 1.29 is 23.8 Å². The van der Waals surface area contributed by atoms with Crippen LogP contribution in [0.3, 0.4) is 0 Å². The van der Waals surface area contributed by atoms with Crippen molar-refractivity contribution in [1.82, 2.24) is 9.78 Å². The van der Waals surface area contributed by atoms with Crippen LogP contribution in [-0.2, 0) is 6.42 Å². The normalized spacial score (nSPS) is 10.8. The fourth-order valence-corrected chi connectivity index (χ4v) is 1.83. The average Bonchev–Trinajstić information content (AvgIpc) is 2.80. The lowest BCUT2D eigenvalue weighted by molar-refractivity contribution is 0.0688. The first-order valence-corrected chi connectivity index (χ1v) is 5.91. The van der Waals surface area contributed by atoms with Gasteiger partial charge < -0.3 is 10.2 Å². The highest BCUT2D eigenvalue weighted by atomic mass is 19.1. The van der Waals surface area contributed by atoms with Crippen molar-refractivity contribution in [2.24, 2.45) is 0 Å². The van der Waals surface area contributed by atoms with Crippen LogP contribution in [-0.4, -0.2) is 32.6 Å². The minimum atomic E-state index is -1.24. The quantitative estimate of drug-likeness (QED) is 0.876. The minimum absolute atomic E-state index is 0.0378. The lowest BCUT2D eigenvalue weighted by atomic mass is 10.1. The summed E-state index contributed by atoms with van der Waals surface area (Å²) in [5.41, 5.74) is 0.140. The van der Waals surface area contributed by atoms with Gasteiger partial charge in [0.15, 0.2) is 11.5 Å². The molecule has 0 unspecified atom stereocenters. The summed E-state index contributed by atoms with van der Waals surface area (Å²) in [4.78, 5) is 11.1. The summed E-state index contributed by atoms with van der Waals surface area (Å²) in [6.07, 6.45) is 2.05. The maximum Gasteiger partial charge on any atom is 0.356 e. The Morgan fingerprint density at radius 1 is 1.35 bits per heavy atom. The molecule has 0 fully saturated rings. The number of hydrogen-bond acceptors (Lipinski definition) is 3. The maximum absolute atomic E-state index is 13.6. The van der Waals surface area contributed by atoms with E-state index in [4.69, 9.17) is 10.2 Å². The van der Waals surface area contributed by atoms with E-state index in [1.54, 1.807) is 0 Å². The first kappa shape index (κ1) is 14.1. The molecule has 106 valence electrons. The van der Waals surface area contributed by atoms with E-state index in [1.165, 1.54) is 12.3 Å². The van der Waals surface area contributed by atoms with Crippen LogP contribution in [0.25, 0.3) is 5.69 Å². The highest BCUT2D eigenvalue weighted by Gasteiger charge is 2.17. The van der Waals surface area contributed by atoms with E-state index in [9.17, 15) is 13.6 Å². The van der Waals surface area contributed by atoms with Crippen molar-refractivity contribution in [2.75, 3.05) is 6.61 Å². The number of halogens is 2. The second kappa shape index (κ2) is 5.79. The molecule has 0 aliphatic carbocycles. The summed E-state index contributed by atoms with van der Waals surface area (Å²) in [6, 6.07) is 2.94. The fraction of sp³-hybridized carbons (Fsp3) is 0.231. The van der Waals surface area contributed by atoms with Crippen LogP contribution in [0.15, 0.2) is 24.4 Å². The SMILES string of the molecule is O=C(O)c1nn(-c2ccc(F)cc2F)cc1CCCO. The molecule has 1 aromatic carbocycles. The zero-order valence-electron chi connectivity index (χ0n) is 10.4. The van der Waals surface area contributed by atoms with Gasteiger partial charge in [-0.2, -0.15) is 5.10 Å². The number of carboxylic acid groups (broad SMARTS) is 1. The molecule has 0 amide bonds. The van der Waals surface area contributed by atoms with Crippen LogP contribution in [0, 0.1) is 11.6 Å². The number of benzene rings is 1. The van der Waals surface area contributed by atoms with Gasteiger partial charge in [0.25, 0.3) is 0 Å². The van der Waals surface area contributed by atoms with Gasteiger partial charge in [-0.25, -0.2) is 18.3 Å². The summed E-state index contributed by atoms with van der Waals surface area (Å²) in [7, 11) is 0. The van der Waals surface area contributed by atoms with E-state index in [0.717, 1.165) is 10.7 Å². The molecule has 0 aliphatic heterocycles. The van der Waals surface area contributed by atoms with Gasteiger partial charge in [0.05, 0.1) is 0 Å². The summed E-state index contributed by atoms with van der Waals surface area (Å²) in [5, 5.41) is 21.6. The van der Waals surface area contributed by atoms with Crippen LogP contribution >= 0.6 is 0 Å². The maximum atomic E-state index is 13.6. The predicted octanol–water partition coefficient (Wildman–Crippen LogP) is 1.77. The van der Waals surface area contributed by atoms with Crippen LogP contribution in [0.4, 0.5) is 8.78 Å². The van der Waals surface area contributed by atoms with Gasteiger partial charge in [-0.1, -0.05) is 0 Å². The molecule has 0 atom stereocenters. The van der Waals surface area contributed by atoms with Gasteiger partial charge >= 0.3 is 5.97 Å². The first-order chi connectivity index (χ1) is 9.52. The second-order valence-corrected chi connectivity index (χ2v) is 4.18. The highest BCUT2D eigenvalue weighted by Crippen LogP contribution is 2.18. The topological polar surface area (TPSA) is 75.3 Å². The molecule has 0 bridgehead atoms. The first-order valence-electron chi connectivity index (χ1n) is 5.91. The number of carbonyl (C=O) groups is 1. The molecule has 0 saturated carbocycles. The summed E-state index contributed by atoms with van der Waals surface area (Å²) >= 11 is 0. The van der Waals surface area contributed by atoms with E-state index in [2.05, 4.69) is 5.10 Å². The minimum Gasteiger partial charge on any atom is -0.476 e. The molecule has 1 aromatic heterocycles. The average molecular weight is 282 g/mol. The molecule has 1 heterocycles. The molecule has 0 saturated heterocycles. The number of rotatable bonds is 5. The third-order valence-corrected chi connectivity index (χ3v) is 2.75. The van der Waals surface area contributed by atoms with Gasteiger partial charge in [-0.05, 0) is 25.0 Å². The Labute approximate surface area is 113 Å². The molecule has 0 radical (unpaired) electrons. The van der Waals surface area contributed by atoms with Crippen molar-refractivity contribution >= 4 is 5.97 Å². The zero-order chi connectivity index (χ0) is 14.7. The van der Waals surface area contributed by atoms with Crippen LogP contribution in [0.5, 0.6) is 0 Å². The van der Waals surface area contributed by atoms with Crippen LogP contribution < -0.4 is 0 Å². The summed E-state index contributed by atoms with van der Waals surface area (Å²) in [5.74, 6) is -2.80. The number of aromatic carboxylic acids is 1. The molecule has 0 aliphatic rings. The largest absolute Gasteiger partial charge is 0.476 e. The van der Waals surface area contributed by atoms with Gasteiger partial charge in [0, 0.05) is 24.4 Å². The molecule has 2 aromatic rings. The third kappa shape index (κ3) is 2.83. The monoisotopic (exact) mass is 282 g/mol. The molecule has 5 nitrogen and oxygen atoms in total. The summed E-state index contributed by atoms with van der Waals surface area (Å²) in [6.45, 7) is -0.0881. The van der Waals surface area contributed by atoms with Crippen molar-refractivity contribution in [3.8, 4) is 5.69 Å². The Kier molecular flexibility index (Phi) is 4.09. The number of aromatic nitrogens is 2. The molecular weight excluding hydrogens is 270 g/mol. The van der Waals surface area contributed by atoms with Crippen molar-refractivity contribution in [3.63, 3.8) is 0 Å². The van der Waals surface area contributed by atoms with Crippen molar-refractivity contribution in [3.05, 3.63) is 47.3 Å². The number of aryl methyl sites for hydroxylation is 1. The number of aliphatic hydroxyl groups is 1. The van der Waals surface area contributed by atoms with Gasteiger partial charge in [-0.15, -0.1) is 0 Å². The predicted molar refractivity (Wildman–Crippen MR) is 65.8 cm³/mol. The molecule has 0 spiro atoms. The Bertz CT molecular complexity index is 641.